The van der Waals surface area contributed by atoms with Gasteiger partial charge in [0.05, 0.1) is 23.0 Å². The van der Waals surface area contributed by atoms with Crippen molar-refractivity contribution in [2.75, 3.05) is 11.3 Å². The van der Waals surface area contributed by atoms with Crippen molar-refractivity contribution in [3.8, 4) is 6.07 Å². The third-order valence-electron chi connectivity index (χ3n) is 4.46. The van der Waals surface area contributed by atoms with Gasteiger partial charge in [0.1, 0.15) is 11.0 Å². The quantitative estimate of drug-likeness (QED) is 0.595. The molecule has 2 N–H and O–H groups in total. The van der Waals surface area contributed by atoms with Crippen molar-refractivity contribution in [3.05, 3.63) is 41.9 Å². The van der Waals surface area contributed by atoms with Crippen LogP contribution in [0, 0.1) is 23.7 Å². The van der Waals surface area contributed by atoms with Gasteiger partial charge in [0.15, 0.2) is 0 Å². The second-order valence-corrected chi connectivity index (χ2v) is 9.20. The third-order valence-corrected chi connectivity index (χ3v) is 5.78. The van der Waals surface area contributed by atoms with Crippen LogP contribution in [0.5, 0.6) is 0 Å². The minimum absolute atomic E-state index is 0.0654. The zero-order valence-corrected chi connectivity index (χ0v) is 16.8. The molecule has 2 heterocycles. The van der Waals surface area contributed by atoms with Gasteiger partial charge in [-0.3, -0.25) is 9.40 Å². The van der Waals surface area contributed by atoms with Crippen LogP contribution in [0.2, 0.25) is 0 Å². The van der Waals surface area contributed by atoms with Crippen molar-refractivity contribution >= 4 is 33.3 Å². The molecule has 0 fully saturated rings. The van der Waals surface area contributed by atoms with Gasteiger partial charge in [-0.15, -0.1) is 0 Å². The van der Waals surface area contributed by atoms with Crippen LogP contribution in [0.15, 0.2) is 40.6 Å². The van der Waals surface area contributed by atoms with Crippen molar-refractivity contribution in [2.45, 2.75) is 32.2 Å². The summed E-state index contributed by atoms with van der Waals surface area (Å²) in [6.45, 7) is 10.5. The summed E-state index contributed by atoms with van der Waals surface area (Å²) in [6.07, 6.45) is 4.39. The fourth-order valence-electron chi connectivity index (χ4n) is 3.16. The lowest BCUT2D eigenvalue weighted by Gasteiger charge is -2.21. The summed E-state index contributed by atoms with van der Waals surface area (Å²) in [4.78, 5) is 6.96. The van der Waals surface area contributed by atoms with Crippen LogP contribution < -0.4 is 4.72 Å². The number of hydrogen-bond donors (Lipinski definition) is 2. The molecule has 0 radical (unpaired) electrons. The summed E-state index contributed by atoms with van der Waals surface area (Å²) < 4.78 is 29.9. The van der Waals surface area contributed by atoms with E-state index < -0.39 is 10.0 Å². The van der Waals surface area contributed by atoms with Gasteiger partial charge >= 0.3 is 0 Å². The molecule has 146 valence electrons. The van der Waals surface area contributed by atoms with Crippen LogP contribution in [0.4, 0.5) is 5.69 Å². The number of nitrogens with one attached hydrogen (secondary N) is 2. The van der Waals surface area contributed by atoms with Crippen molar-refractivity contribution in [1.82, 2.24) is 14.8 Å². The minimum Gasteiger partial charge on any atom is -0.358 e. The van der Waals surface area contributed by atoms with Crippen molar-refractivity contribution in [2.24, 2.45) is 10.4 Å². The zero-order valence-electron chi connectivity index (χ0n) is 16.0. The Morgan fingerprint density at radius 1 is 1.43 bits per heavy atom. The normalized spacial score (nSPS) is 12.1. The average molecular weight is 398 g/mol. The maximum Gasteiger partial charge on any atom is 0.265 e. The Morgan fingerprint density at radius 3 is 2.86 bits per heavy atom. The van der Waals surface area contributed by atoms with Crippen LogP contribution in [0.3, 0.4) is 0 Å². The van der Waals surface area contributed by atoms with E-state index in [1.165, 1.54) is 12.4 Å². The topological polar surface area (TPSA) is 116 Å². The molecule has 0 aliphatic carbocycles. The molecule has 0 bridgehead atoms. The molecule has 3 rings (SSSR count). The van der Waals surface area contributed by atoms with Crippen LogP contribution in [-0.2, 0) is 16.6 Å². The number of hydrogen-bond acceptors (Lipinski definition) is 5. The SMILES string of the molecule is C=NCC(C)(C)Cn1cc(S(=O)(=O)Nc2ccc(C)c3c(C#N)c[nH]c23)cn1. The monoisotopic (exact) mass is 398 g/mol. The molecule has 0 spiro atoms. The smallest absolute Gasteiger partial charge is 0.265 e. The third kappa shape index (κ3) is 3.77. The molecule has 28 heavy (non-hydrogen) atoms. The number of aryl methyl sites for hydroxylation is 1. The maximum atomic E-state index is 12.8. The van der Waals surface area contributed by atoms with E-state index in [1.54, 1.807) is 23.0 Å². The first-order chi connectivity index (χ1) is 13.2. The van der Waals surface area contributed by atoms with E-state index in [-0.39, 0.29) is 10.3 Å². The first kappa shape index (κ1) is 19.6. The number of anilines is 1. The summed E-state index contributed by atoms with van der Waals surface area (Å²) in [5.74, 6) is 0. The minimum atomic E-state index is -3.83. The Morgan fingerprint density at radius 2 is 2.18 bits per heavy atom. The van der Waals surface area contributed by atoms with E-state index in [2.05, 4.69) is 32.6 Å². The number of fused-ring (bicyclic) bond motifs is 1. The highest BCUT2D eigenvalue weighted by Crippen LogP contribution is 2.30. The van der Waals surface area contributed by atoms with Gasteiger partial charge in [0.2, 0.25) is 0 Å². The number of H-pyrrole nitrogens is 1. The number of sulfonamides is 1. The molecule has 1 aromatic carbocycles. The molecule has 0 saturated heterocycles. The molecule has 0 amide bonds. The van der Waals surface area contributed by atoms with E-state index in [0.717, 1.165) is 5.56 Å². The number of aromatic amines is 1. The highest BCUT2D eigenvalue weighted by molar-refractivity contribution is 7.92. The first-order valence-corrected chi connectivity index (χ1v) is 10.1. The van der Waals surface area contributed by atoms with Gasteiger partial charge in [-0.2, -0.15) is 10.4 Å². The molecule has 0 unspecified atom stereocenters. The standard InChI is InChI=1S/C19H22N6O2S/c1-13-5-6-16(18-17(13)14(7-20)8-22-18)24-28(26,27)15-9-23-25(10-15)12-19(2,3)11-21-4/h5-6,8-10,22,24H,4,11-12H2,1-3H3. The summed E-state index contributed by atoms with van der Waals surface area (Å²) in [5, 5.41) is 14.1. The van der Waals surface area contributed by atoms with Crippen LogP contribution >= 0.6 is 0 Å². The van der Waals surface area contributed by atoms with E-state index in [0.29, 0.717) is 35.2 Å². The second-order valence-electron chi connectivity index (χ2n) is 7.52. The fourth-order valence-corrected chi connectivity index (χ4v) is 4.18. The van der Waals surface area contributed by atoms with Gasteiger partial charge in [0.25, 0.3) is 10.0 Å². The Bertz CT molecular complexity index is 1180. The van der Waals surface area contributed by atoms with Crippen molar-refractivity contribution in [3.63, 3.8) is 0 Å². The first-order valence-electron chi connectivity index (χ1n) is 8.65. The number of nitrogens with zero attached hydrogens (tertiary/aromatic N) is 4. The van der Waals surface area contributed by atoms with Crippen LogP contribution in [0.25, 0.3) is 10.9 Å². The van der Waals surface area contributed by atoms with Crippen molar-refractivity contribution < 1.29 is 8.42 Å². The van der Waals surface area contributed by atoms with E-state index in [9.17, 15) is 13.7 Å². The Kier molecular flexibility index (Phi) is 5.00. The lowest BCUT2D eigenvalue weighted by molar-refractivity contribution is 0.303. The highest BCUT2D eigenvalue weighted by Gasteiger charge is 2.22. The largest absolute Gasteiger partial charge is 0.358 e. The number of benzene rings is 1. The molecular formula is C19H22N6O2S. The molecule has 3 aromatic rings. The molecule has 9 heteroatoms. The predicted octanol–water partition coefficient (Wildman–Crippen LogP) is 3.07. The number of aliphatic imine (C=N–C) groups is 1. The van der Waals surface area contributed by atoms with Crippen LogP contribution in [0.1, 0.15) is 25.0 Å². The van der Waals surface area contributed by atoms with Gasteiger partial charge in [-0.25, -0.2) is 8.42 Å². The second kappa shape index (κ2) is 7.13. The molecule has 0 atom stereocenters. The summed E-state index contributed by atoms with van der Waals surface area (Å²) in [5.41, 5.74) is 2.13. The lowest BCUT2D eigenvalue weighted by atomic mass is 9.94. The molecular weight excluding hydrogens is 376 g/mol. The van der Waals surface area contributed by atoms with Crippen molar-refractivity contribution in [1.29, 1.82) is 5.26 Å². The van der Waals surface area contributed by atoms with Gasteiger partial charge < -0.3 is 9.98 Å². The van der Waals surface area contributed by atoms with Gasteiger partial charge in [0, 0.05) is 36.3 Å². The Labute approximate surface area is 164 Å². The Hall–Kier alpha value is -3.12. The van der Waals surface area contributed by atoms with E-state index in [4.69, 9.17) is 0 Å². The van der Waals surface area contributed by atoms with Gasteiger partial charge in [-0.1, -0.05) is 19.9 Å². The fraction of sp³-hybridized carbons (Fsp3) is 0.316. The molecule has 8 nitrogen and oxygen atoms in total. The summed E-state index contributed by atoms with van der Waals surface area (Å²) in [7, 11) is -3.83. The summed E-state index contributed by atoms with van der Waals surface area (Å²) in [6, 6.07) is 5.57. The number of nitriles is 1. The summed E-state index contributed by atoms with van der Waals surface area (Å²) >= 11 is 0. The zero-order chi connectivity index (χ0) is 20.5. The van der Waals surface area contributed by atoms with Gasteiger partial charge in [-0.05, 0) is 25.3 Å². The molecule has 0 saturated carbocycles. The van der Waals surface area contributed by atoms with Crippen LogP contribution in [-0.4, -0.2) is 36.4 Å². The molecule has 2 aromatic heterocycles. The Balaban J connectivity index is 1.91. The lowest BCUT2D eigenvalue weighted by Crippen LogP contribution is -2.23. The maximum absolute atomic E-state index is 12.8. The molecule has 0 aliphatic rings. The van der Waals surface area contributed by atoms with E-state index in [1.807, 2.05) is 20.8 Å². The highest BCUT2D eigenvalue weighted by atomic mass is 32.2. The van der Waals surface area contributed by atoms with E-state index >= 15 is 0 Å². The average Bonchev–Trinajstić information content (AvgIpc) is 3.24. The molecule has 0 aliphatic heterocycles. The predicted molar refractivity (Wildman–Crippen MR) is 109 cm³/mol. The number of rotatable bonds is 7. The number of aromatic nitrogens is 3.